The van der Waals surface area contributed by atoms with Crippen LogP contribution in [-0.2, 0) is 22.4 Å². The first-order chi connectivity index (χ1) is 6.79. The van der Waals surface area contributed by atoms with Crippen LogP contribution in [0.4, 0.5) is 0 Å². The SMILES string of the molecule is CCOC=O.CCc1c[nH]cc1CC. The van der Waals surface area contributed by atoms with E-state index in [-0.39, 0.29) is 0 Å². The van der Waals surface area contributed by atoms with Crippen molar-refractivity contribution in [3.8, 4) is 0 Å². The lowest BCUT2D eigenvalue weighted by atomic mass is 10.1. The predicted octanol–water partition coefficient (Wildman–Crippen LogP) is 2.32. The van der Waals surface area contributed by atoms with Gasteiger partial charge < -0.3 is 9.72 Å². The molecule has 0 aromatic carbocycles. The van der Waals surface area contributed by atoms with Gasteiger partial charge in [-0.25, -0.2) is 0 Å². The topological polar surface area (TPSA) is 42.1 Å². The summed E-state index contributed by atoms with van der Waals surface area (Å²) in [7, 11) is 0. The molecule has 0 aliphatic heterocycles. The van der Waals surface area contributed by atoms with Crippen molar-refractivity contribution in [2.45, 2.75) is 33.6 Å². The second-order valence-electron chi connectivity index (χ2n) is 2.76. The van der Waals surface area contributed by atoms with E-state index in [1.54, 1.807) is 6.92 Å². The van der Waals surface area contributed by atoms with Gasteiger partial charge in [0.1, 0.15) is 0 Å². The van der Waals surface area contributed by atoms with E-state index in [9.17, 15) is 4.79 Å². The maximum absolute atomic E-state index is 9.18. The van der Waals surface area contributed by atoms with Crippen LogP contribution >= 0.6 is 0 Å². The Kier molecular flexibility index (Phi) is 7.61. The van der Waals surface area contributed by atoms with Crippen LogP contribution in [0.2, 0.25) is 0 Å². The number of carbonyl (C=O) groups is 1. The Labute approximate surface area is 85.5 Å². The molecule has 0 saturated heterocycles. The summed E-state index contributed by atoms with van der Waals surface area (Å²) < 4.78 is 4.15. The maximum atomic E-state index is 9.18. The van der Waals surface area contributed by atoms with Crippen molar-refractivity contribution >= 4 is 6.47 Å². The molecule has 80 valence electrons. The molecule has 0 aliphatic rings. The molecule has 0 radical (unpaired) electrons. The minimum Gasteiger partial charge on any atom is -0.468 e. The van der Waals surface area contributed by atoms with E-state index in [0.29, 0.717) is 13.1 Å². The highest BCUT2D eigenvalue weighted by Gasteiger charge is 1.95. The summed E-state index contributed by atoms with van der Waals surface area (Å²) in [6.45, 7) is 7.03. The Morgan fingerprint density at radius 2 is 1.71 bits per heavy atom. The second kappa shape index (κ2) is 8.35. The molecule has 0 fully saturated rings. The molecular weight excluding hydrogens is 178 g/mol. The number of carbonyl (C=O) groups excluding carboxylic acids is 1. The van der Waals surface area contributed by atoms with Crippen molar-refractivity contribution < 1.29 is 9.53 Å². The fourth-order valence-corrected chi connectivity index (χ4v) is 1.15. The van der Waals surface area contributed by atoms with E-state index in [0.717, 1.165) is 12.8 Å². The zero-order chi connectivity index (χ0) is 10.8. The number of aromatic nitrogens is 1. The number of aryl methyl sites for hydroxylation is 2. The minimum absolute atomic E-state index is 0.431. The molecule has 1 aromatic rings. The summed E-state index contributed by atoms with van der Waals surface area (Å²) in [6, 6.07) is 0. The summed E-state index contributed by atoms with van der Waals surface area (Å²) in [5.41, 5.74) is 2.91. The molecule has 1 rings (SSSR count). The normalized spacial score (nSPS) is 8.79. The summed E-state index contributed by atoms with van der Waals surface area (Å²) in [5, 5.41) is 0. The summed E-state index contributed by atoms with van der Waals surface area (Å²) in [5.74, 6) is 0. The van der Waals surface area contributed by atoms with Crippen molar-refractivity contribution in [3.63, 3.8) is 0 Å². The molecular formula is C11H19NO2. The predicted molar refractivity (Wildman–Crippen MR) is 57.2 cm³/mol. The first kappa shape index (κ1) is 12.8. The lowest BCUT2D eigenvalue weighted by Gasteiger charge is -1.92. The fourth-order valence-electron chi connectivity index (χ4n) is 1.15. The van der Waals surface area contributed by atoms with Crippen molar-refractivity contribution in [2.24, 2.45) is 0 Å². The quantitative estimate of drug-likeness (QED) is 0.753. The fraction of sp³-hybridized carbons (Fsp3) is 0.545. The van der Waals surface area contributed by atoms with Gasteiger partial charge in [0.2, 0.25) is 0 Å². The van der Waals surface area contributed by atoms with Crippen molar-refractivity contribution in [1.29, 1.82) is 0 Å². The van der Waals surface area contributed by atoms with Crippen molar-refractivity contribution in [2.75, 3.05) is 6.61 Å². The van der Waals surface area contributed by atoms with Crippen LogP contribution in [0.5, 0.6) is 0 Å². The summed E-state index contributed by atoms with van der Waals surface area (Å²) in [4.78, 5) is 12.3. The third-order valence-electron chi connectivity index (χ3n) is 1.92. The molecule has 0 bridgehead atoms. The van der Waals surface area contributed by atoms with E-state index >= 15 is 0 Å². The van der Waals surface area contributed by atoms with Gasteiger partial charge in [0, 0.05) is 12.4 Å². The van der Waals surface area contributed by atoms with Gasteiger partial charge >= 0.3 is 0 Å². The van der Waals surface area contributed by atoms with Crippen molar-refractivity contribution in [1.82, 2.24) is 4.98 Å². The second-order valence-corrected chi connectivity index (χ2v) is 2.76. The van der Waals surface area contributed by atoms with Crippen LogP contribution in [0.3, 0.4) is 0 Å². The number of aromatic amines is 1. The van der Waals surface area contributed by atoms with E-state index in [4.69, 9.17) is 0 Å². The third-order valence-corrected chi connectivity index (χ3v) is 1.92. The molecule has 1 aromatic heterocycles. The van der Waals surface area contributed by atoms with Gasteiger partial charge in [0.15, 0.2) is 0 Å². The number of hydrogen-bond donors (Lipinski definition) is 1. The highest BCUT2D eigenvalue weighted by molar-refractivity contribution is 5.36. The standard InChI is InChI=1S/C8H13N.C3H6O2/c1-3-7-5-9-6-8(7)4-2;1-2-5-3-4/h5-6,9H,3-4H2,1-2H3;3H,2H2,1H3. The molecule has 3 nitrogen and oxygen atoms in total. The van der Waals surface area contributed by atoms with Gasteiger partial charge in [-0.3, -0.25) is 4.79 Å². The van der Waals surface area contributed by atoms with Crippen LogP contribution in [0.1, 0.15) is 31.9 Å². The van der Waals surface area contributed by atoms with E-state index in [2.05, 4.69) is 36.0 Å². The lowest BCUT2D eigenvalue weighted by Crippen LogP contribution is -1.81. The molecule has 0 atom stereocenters. The minimum atomic E-state index is 0.431. The Morgan fingerprint density at radius 1 is 1.21 bits per heavy atom. The summed E-state index contributed by atoms with van der Waals surface area (Å²) >= 11 is 0. The molecule has 1 N–H and O–H groups in total. The number of rotatable bonds is 4. The zero-order valence-electron chi connectivity index (χ0n) is 9.17. The van der Waals surface area contributed by atoms with Gasteiger partial charge in [-0.1, -0.05) is 13.8 Å². The number of ether oxygens (including phenoxy) is 1. The van der Waals surface area contributed by atoms with Crippen molar-refractivity contribution in [3.05, 3.63) is 23.5 Å². The van der Waals surface area contributed by atoms with Crippen LogP contribution in [0.15, 0.2) is 12.4 Å². The highest BCUT2D eigenvalue weighted by atomic mass is 16.5. The van der Waals surface area contributed by atoms with E-state index < -0.39 is 0 Å². The number of H-pyrrole nitrogens is 1. The van der Waals surface area contributed by atoms with E-state index in [1.165, 1.54) is 11.1 Å². The largest absolute Gasteiger partial charge is 0.468 e. The number of nitrogens with one attached hydrogen (secondary N) is 1. The van der Waals surface area contributed by atoms with Crippen LogP contribution in [0.25, 0.3) is 0 Å². The molecule has 0 amide bonds. The molecule has 0 aliphatic carbocycles. The molecule has 14 heavy (non-hydrogen) atoms. The Bertz CT molecular complexity index is 225. The average molecular weight is 197 g/mol. The maximum Gasteiger partial charge on any atom is 0.293 e. The van der Waals surface area contributed by atoms with Gasteiger partial charge in [0.05, 0.1) is 6.61 Å². The van der Waals surface area contributed by atoms with Crippen LogP contribution in [0, 0.1) is 0 Å². The average Bonchev–Trinajstić information content (AvgIpc) is 2.67. The van der Waals surface area contributed by atoms with Gasteiger partial charge in [-0.05, 0) is 30.9 Å². The highest BCUT2D eigenvalue weighted by Crippen LogP contribution is 2.07. The van der Waals surface area contributed by atoms with Gasteiger partial charge in [-0.2, -0.15) is 0 Å². The monoisotopic (exact) mass is 197 g/mol. The third kappa shape index (κ3) is 4.70. The molecule has 1 heterocycles. The Balaban J connectivity index is 0.000000292. The number of hydrogen-bond acceptors (Lipinski definition) is 2. The Hall–Kier alpha value is -1.25. The Morgan fingerprint density at radius 3 is 1.93 bits per heavy atom. The zero-order valence-corrected chi connectivity index (χ0v) is 9.17. The smallest absolute Gasteiger partial charge is 0.293 e. The first-order valence-corrected chi connectivity index (χ1v) is 4.99. The van der Waals surface area contributed by atoms with Gasteiger partial charge in [-0.15, -0.1) is 0 Å². The first-order valence-electron chi connectivity index (χ1n) is 4.99. The molecule has 0 saturated carbocycles. The molecule has 0 spiro atoms. The van der Waals surface area contributed by atoms with Crippen LogP contribution < -0.4 is 0 Å². The summed E-state index contributed by atoms with van der Waals surface area (Å²) in [6.07, 6.45) is 6.46. The van der Waals surface area contributed by atoms with Gasteiger partial charge in [0.25, 0.3) is 6.47 Å². The lowest BCUT2D eigenvalue weighted by molar-refractivity contribution is -0.128. The van der Waals surface area contributed by atoms with Crippen LogP contribution in [-0.4, -0.2) is 18.1 Å². The molecule has 3 heteroatoms. The molecule has 0 unspecified atom stereocenters. The van der Waals surface area contributed by atoms with E-state index in [1.807, 2.05) is 0 Å².